The van der Waals surface area contributed by atoms with Gasteiger partial charge >= 0.3 is 17.9 Å². The summed E-state index contributed by atoms with van der Waals surface area (Å²) in [6, 6.07) is 0. The summed E-state index contributed by atoms with van der Waals surface area (Å²) in [5.41, 5.74) is 0. The lowest BCUT2D eigenvalue weighted by Gasteiger charge is -2.25. The number of rotatable bonds is 68. The van der Waals surface area contributed by atoms with Gasteiger partial charge < -0.3 is 28.5 Å². The first-order chi connectivity index (χ1) is 48.6. The average Bonchev–Trinajstić information content (AvgIpc) is 2.19. The Morgan fingerprint density at radius 2 is 0.545 bits per heavy atom. The number of aliphatic carboxylic acids is 1. The van der Waals surface area contributed by atoms with Crippen molar-refractivity contribution in [1.82, 2.24) is 0 Å². The Kier molecular flexibility index (Phi) is 71.9. The molecular weight excluding hydrogens is 1220 g/mol. The molecule has 9 nitrogen and oxygen atoms in total. The number of ether oxygens (including phenoxy) is 4. The van der Waals surface area contributed by atoms with Crippen LogP contribution in [0.15, 0.2) is 231 Å². The Morgan fingerprint density at radius 1 is 0.303 bits per heavy atom. The van der Waals surface area contributed by atoms with Gasteiger partial charge in [-0.15, -0.1) is 0 Å². The van der Waals surface area contributed by atoms with Crippen molar-refractivity contribution in [2.24, 2.45) is 0 Å². The van der Waals surface area contributed by atoms with Crippen LogP contribution in [0.25, 0.3) is 0 Å². The Balaban J connectivity index is 4.23. The molecule has 0 rings (SSSR count). The Bertz CT molecular complexity index is 2490. The first-order valence-electron chi connectivity index (χ1n) is 38.5. The molecule has 0 bridgehead atoms. The van der Waals surface area contributed by atoms with Gasteiger partial charge in [0.2, 0.25) is 0 Å². The molecule has 0 radical (unpaired) electrons. The molecule has 0 spiro atoms. The van der Waals surface area contributed by atoms with Crippen molar-refractivity contribution in [3.05, 3.63) is 231 Å². The van der Waals surface area contributed by atoms with Gasteiger partial charge in [0.15, 0.2) is 6.10 Å². The van der Waals surface area contributed by atoms with Gasteiger partial charge in [-0.2, -0.15) is 0 Å². The fraction of sp³-hybridized carbons (Fsp3) is 0.544. The molecule has 0 fully saturated rings. The molecule has 0 heterocycles. The molecule has 0 aliphatic rings. The number of likely N-dealkylation sites (N-methyl/N-ethyl adjacent to an activating group) is 1. The van der Waals surface area contributed by atoms with Crippen molar-refractivity contribution in [2.75, 3.05) is 47.5 Å². The highest BCUT2D eigenvalue weighted by molar-refractivity contribution is 5.71. The van der Waals surface area contributed by atoms with E-state index in [-0.39, 0.29) is 38.6 Å². The molecular formula is C90H140NO8+. The lowest BCUT2D eigenvalue weighted by Crippen LogP contribution is -2.40. The molecule has 2 atom stereocenters. The second-order valence-electron chi connectivity index (χ2n) is 25.8. The van der Waals surface area contributed by atoms with Crippen LogP contribution in [0.4, 0.5) is 0 Å². The SMILES string of the molecule is CC/C=C\C/C=C\C/C=C\C/C=C\C/C=C\C/C=C\C/C=C\C/C=C\C/C=C\C/C=C\C/C=C\CCCCCC(=O)OC(COC(=O)CCCCCCCCCCCCCC/C=C\C/C=C\C/C=C\C/C=C\C/C=C\C/C=C\C/C=C\C/C=C\CC)COC(OCC[N+](C)(C)C)C(=O)O. The molecule has 1 N–H and O–H groups in total. The quantitative estimate of drug-likeness (QED) is 0.0211. The fourth-order valence-corrected chi connectivity index (χ4v) is 9.62. The lowest BCUT2D eigenvalue weighted by molar-refractivity contribution is -0.870. The van der Waals surface area contributed by atoms with E-state index in [1.54, 1.807) is 0 Å². The number of allylic oxidation sites excluding steroid dienone is 38. The van der Waals surface area contributed by atoms with Gasteiger partial charge in [0.25, 0.3) is 6.29 Å². The molecule has 0 aliphatic carbocycles. The Labute approximate surface area is 606 Å². The van der Waals surface area contributed by atoms with Gasteiger partial charge in [-0.05, 0) is 161 Å². The minimum absolute atomic E-state index is 0.168. The number of unbranched alkanes of at least 4 members (excludes halogenated alkanes) is 15. The van der Waals surface area contributed by atoms with Crippen molar-refractivity contribution in [3.8, 4) is 0 Å². The summed E-state index contributed by atoms with van der Waals surface area (Å²) in [5, 5.41) is 9.77. The molecule has 552 valence electrons. The van der Waals surface area contributed by atoms with Crippen molar-refractivity contribution in [3.63, 3.8) is 0 Å². The van der Waals surface area contributed by atoms with E-state index in [9.17, 15) is 19.5 Å². The van der Waals surface area contributed by atoms with E-state index in [0.717, 1.165) is 167 Å². The maximum Gasteiger partial charge on any atom is 0.361 e. The summed E-state index contributed by atoms with van der Waals surface area (Å²) in [4.78, 5) is 37.7. The van der Waals surface area contributed by atoms with Crippen molar-refractivity contribution in [2.45, 2.75) is 270 Å². The zero-order valence-electron chi connectivity index (χ0n) is 63.0. The minimum atomic E-state index is -1.54. The van der Waals surface area contributed by atoms with Crippen LogP contribution < -0.4 is 0 Å². The summed E-state index contributed by atoms with van der Waals surface area (Å²) >= 11 is 0. The smallest absolute Gasteiger partial charge is 0.361 e. The van der Waals surface area contributed by atoms with Crippen molar-refractivity contribution < 1.29 is 42.9 Å². The number of hydrogen-bond donors (Lipinski definition) is 1. The maximum atomic E-state index is 13.0. The van der Waals surface area contributed by atoms with Crippen LogP contribution in [0.2, 0.25) is 0 Å². The summed E-state index contributed by atoms with van der Waals surface area (Å²) < 4.78 is 22.9. The molecule has 0 aromatic rings. The van der Waals surface area contributed by atoms with E-state index in [1.165, 1.54) is 57.8 Å². The molecule has 0 amide bonds. The molecule has 0 aliphatic heterocycles. The number of carboxylic acids is 1. The van der Waals surface area contributed by atoms with Crippen LogP contribution >= 0.6 is 0 Å². The van der Waals surface area contributed by atoms with Gasteiger partial charge in [0, 0.05) is 12.8 Å². The predicted octanol–water partition coefficient (Wildman–Crippen LogP) is 25.0. The van der Waals surface area contributed by atoms with Crippen molar-refractivity contribution >= 4 is 17.9 Å². The Hall–Kier alpha value is -6.65. The summed E-state index contributed by atoms with van der Waals surface area (Å²) in [6.45, 7) is 4.58. The third kappa shape index (κ3) is 78.6. The number of quaternary nitrogens is 1. The number of carbonyl (C=O) groups is 3. The molecule has 0 saturated carbocycles. The first kappa shape index (κ1) is 92.4. The summed E-state index contributed by atoms with van der Waals surface area (Å²) in [6.07, 6.45) is 120. The van der Waals surface area contributed by atoms with Gasteiger partial charge in [-0.25, -0.2) is 4.79 Å². The van der Waals surface area contributed by atoms with E-state index in [4.69, 9.17) is 18.9 Å². The predicted molar refractivity (Wildman–Crippen MR) is 428 cm³/mol. The lowest BCUT2D eigenvalue weighted by atomic mass is 10.0. The van der Waals surface area contributed by atoms with Crippen molar-refractivity contribution in [1.29, 1.82) is 0 Å². The Morgan fingerprint density at radius 3 is 0.818 bits per heavy atom. The number of nitrogens with zero attached hydrogens (tertiary/aromatic N) is 1. The highest BCUT2D eigenvalue weighted by Gasteiger charge is 2.25. The van der Waals surface area contributed by atoms with Crippen LogP contribution in [0, 0.1) is 0 Å². The maximum absolute atomic E-state index is 13.0. The largest absolute Gasteiger partial charge is 0.477 e. The van der Waals surface area contributed by atoms with E-state index in [0.29, 0.717) is 17.4 Å². The van der Waals surface area contributed by atoms with E-state index >= 15 is 0 Å². The molecule has 99 heavy (non-hydrogen) atoms. The number of carbonyl (C=O) groups excluding carboxylic acids is 2. The van der Waals surface area contributed by atoms with Crippen LogP contribution in [-0.2, 0) is 33.3 Å². The summed E-state index contributed by atoms with van der Waals surface area (Å²) in [7, 11) is 5.95. The third-order valence-electron chi connectivity index (χ3n) is 15.4. The standard InChI is InChI=1S/C90H139NO8/c1-6-8-10-12-14-16-18-20-22-24-26-28-30-32-34-36-38-40-42-44-46-48-50-52-54-56-58-60-62-64-66-68-70-72-74-76-78-80-87(92)97-84-86(85-98-90(89(94)95)96-83-82-91(3,4)5)99-88(93)81-79-77-75-73-71-69-67-65-63-61-59-57-55-53-51-49-47-45-43-41-39-37-35-33-31-29-27-25-23-21-19-17-15-13-11-9-7-2/h8-11,14-17,20-23,26-29,32-35,38-41,44-47,50-53,57,59,63,65,69,71,86,90H,6-7,12-13,18-19,24-25,30-31,36-37,42-43,48-49,54-56,58,60-62,64,66-68,70,72-85H2,1-5H3/p+1/b10-8-,11-9-,16-14-,17-15-,22-20-,23-21-,28-26-,29-27-,34-32-,35-33-,40-38-,41-39-,46-44-,47-45-,52-50-,53-51-,59-57-,65-63-,71-69-. The van der Waals surface area contributed by atoms with Crippen LogP contribution in [0.5, 0.6) is 0 Å². The van der Waals surface area contributed by atoms with Crippen LogP contribution in [0.1, 0.15) is 258 Å². The van der Waals surface area contributed by atoms with E-state index in [2.05, 4.69) is 245 Å². The molecule has 0 aromatic heterocycles. The third-order valence-corrected chi connectivity index (χ3v) is 15.4. The monoisotopic (exact) mass is 1360 g/mol. The van der Waals surface area contributed by atoms with Gasteiger partial charge in [0.1, 0.15) is 13.2 Å². The molecule has 9 heteroatoms. The topological polar surface area (TPSA) is 108 Å². The molecule has 0 saturated heterocycles. The number of hydrogen-bond acceptors (Lipinski definition) is 7. The highest BCUT2D eigenvalue weighted by atomic mass is 16.7. The molecule has 2 unspecified atom stereocenters. The second kappa shape index (κ2) is 77.1. The zero-order valence-corrected chi connectivity index (χ0v) is 63.0. The number of carboxylic acid groups (broad SMARTS) is 1. The number of esters is 2. The highest BCUT2D eigenvalue weighted by Crippen LogP contribution is 2.15. The van der Waals surface area contributed by atoms with Gasteiger partial charge in [-0.1, -0.05) is 315 Å². The van der Waals surface area contributed by atoms with E-state index in [1.807, 2.05) is 21.1 Å². The van der Waals surface area contributed by atoms with Crippen LogP contribution in [0.3, 0.4) is 0 Å². The fourth-order valence-electron chi connectivity index (χ4n) is 9.62. The second-order valence-corrected chi connectivity index (χ2v) is 25.8. The van der Waals surface area contributed by atoms with Gasteiger partial charge in [-0.3, -0.25) is 9.59 Å². The molecule has 0 aromatic carbocycles. The average molecular weight is 1360 g/mol. The van der Waals surface area contributed by atoms with Crippen LogP contribution in [-0.4, -0.2) is 87.4 Å². The van der Waals surface area contributed by atoms with Gasteiger partial charge in [0.05, 0.1) is 34.4 Å². The summed E-state index contributed by atoms with van der Waals surface area (Å²) in [5.74, 6) is -2.08. The normalized spacial score (nSPS) is 14.0. The first-order valence-corrected chi connectivity index (χ1v) is 38.5. The zero-order chi connectivity index (χ0) is 71.8. The minimum Gasteiger partial charge on any atom is -0.477 e. The van der Waals surface area contributed by atoms with E-state index < -0.39 is 24.3 Å².